The molecule has 0 heterocycles. The predicted molar refractivity (Wildman–Crippen MR) is 130 cm³/mol. The second-order valence-corrected chi connectivity index (χ2v) is 10.0. The quantitative estimate of drug-likeness (QED) is 0.290. The molecule has 0 spiro atoms. The van der Waals surface area contributed by atoms with Crippen molar-refractivity contribution in [2.45, 2.75) is 80.4 Å². The van der Waals surface area contributed by atoms with Crippen molar-refractivity contribution in [2.24, 2.45) is 0 Å². The highest BCUT2D eigenvalue weighted by molar-refractivity contribution is 6.08. The summed E-state index contributed by atoms with van der Waals surface area (Å²) < 4.78 is 11.6. The van der Waals surface area contributed by atoms with Gasteiger partial charge < -0.3 is 9.47 Å². The van der Waals surface area contributed by atoms with Gasteiger partial charge in [-0.25, -0.2) is 4.79 Å². The number of hydrogen-bond acceptors (Lipinski definition) is 4. The van der Waals surface area contributed by atoms with Gasteiger partial charge in [-0.1, -0.05) is 12.1 Å². The van der Waals surface area contributed by atoms with Crippen LogP contribution in [0.1, 0.15) is 78.4 Å². The Kier molecular flexibility index (Phi) is 7.39. The summed E-state index contributed by atoms with van der Waals surface area (Å²) in [6, 6.07) is 7.89. The number of carbonyl (C=O) groups is 2. The molecule has 2 aromatic rings. The van der Waals surface area contributed by atoms with Gasteiger partial charge in [0.2, 0.25) is 0 Å². The topological polar surface area (TPSA) is 52.6 Å². The fourth-order valence-corrected chi connectivity index (χ4v) is 3.43. The van der Waals surface area contributed by atoms with Gasteiger partial charge in [0.05, 0.1) is 0 Å². The maximum atomic E-state index is 12.8. The first-order valence-electron chi connectivity index (χ1n) is 10.9. The van der Waals surface area contributed by atoms with Gasteiger partial charge in [0.1, 0.15) is 11.4 Å². The summed E-state index contributed by atoms with van der Waals surface area (Å²) in [5.41, 5.74) is 4.94. The van der Waals surface area contributed by atoms with Crippen molar-refractivity contribution in [3.8, 4) is 5.75 Å². The smallest absolute Gasteiger partial charge is 0.350 e. The molecule has 4 nitrogen and oxygen atoms in total. The van der Waals surface area contributed by atoms with Crippen molar-refractivity contribution in [3.63, 3.8) is 0 Å². The van der Waals surface area contributed by atoms with Crippen LogP contribution in [-0.2, 0) is 9.53 Å². The molecule has 0 N–H and O–H groups in total. The van der Waals surface area contributed by atoms with Crippen molar-refractivity contribution in [1.82, 2.24) is 0 Å². The molecule has 0 aromatic heterocycles. The molecule has 0 aliphatic heterocycles. The van der Waals surface area contributed by atoms with E-state index in [1.807, 2.05) is 85.7 Å². The third kappa shape index (κ3) is 6.32. The van der Waals surface area contributed by atoms with Crippen LogP contribution in [0, 0.1) is 34.6 Å². The van der Waals surface area contributed by atoms with Gasteiger partial charge in [-0.15, -0.1) is 0 Å². The Morgan fingerprint density at radius 3 is 1.81 bits per heavy atom. The highest BCUT2D eigenvalue weighted by atomic mass is 16.6. The minimum absolute atomic E-state index is 0.0210. The highest BCUT2D eigenvalue weighted by Crippen LogP contribution is 2.30. The zero-order valence-electron chi connectivity index (χ0n) is 21.1. The molecule has 0 atom stereocenters. The van der Waals surface area contributed by atoms with Gasteiger partial charge >= 0.3 is 5.97 Å². The van der Waals surface area contributed by atoms with Crippen LogP contribution < -0.4 is 4.74 Å². The summed E-state index contributed by atoms with van der Waals surface area (Å²) in [5, 5.41) is 0. The van der Waals surface area contributed by atoms with E-state index in [0.29, 0.717) is 5.75 Å². The van der Waals surface area contributed by atoms with Crippen molar-refractivity contribution in [1.29, 1.82) is 0 Å². The molecule has 2 aromatic carbocycles. The molecular formula is C28H36O4. The lowest BCUT2D eigenvalue weighted by molar-refractivity contribution is -0.171. The Morgan fingerprint density at radius 2 is 1.28 bits per heavy atom. The number of carbonyl (C=O) groups excluding carboxylic acids is 2. The first-order chi connectivity index (χ1) is 14.6. The molecule has 32 heavy (non-hydrogen) atoms. The second-order valence-electron chi connectivity index (χ2n) is 10.0. The summed E-state index contributed by atoms with van der Waals surface area (Å²) in [6.07, 6.45) is 3.43. The lowest BCUT2D eigenvalue weighted by Gasteiger charge is -2.30. The van der Waals surface area contributed by atoms with Crippen LogP contribution >= 0.6 is 0 Å². The fourth-order valence-electron chi connectivity index (χ4n) is 3.43. The van der Waals surface area contributed by atoms with E-state index in [9.17, 15) is 9.59 Å². The Morgan fingerprint density at radius 1 is 0.750 bits per heavy atom. The molecule has 0 unspecified atom stereocenters. The van der Waals surface area contributed by atoms with Gasteiger partial charge in [-0.05, 0) is 127 Å². The van der Waals surface area contributed by atoms with Crippen LogP contribution in [0.25, 0.3) is 6.08 Å². The minimum Gasteiger partial charge on any atom is -0.476 e. The lowest BCUT2D eigenvalue weighted by Crippen LogP contribution is -2.43. The van der Waals surface area contributed by atoms with Gasteiger partial charge in [-0.2, -0.15) is 0 Å². The molecule has 172 valence electrons. The molecule has 4 heteroatoms. The number of benzene rings is 2. The molecular weight excluding hydrogens is 400 g/mol. The largest absolute Gasteiger partial charge is 0.476 e. The molecule has 0 saturated carbocycles. The normalized spacial score (nSPS) is 12.2. The molecule has 0 saturated heterocycles. The van der Waals surface area contributed by atoms with Crippen molar-refractivity contribution < 1.29 is 19.1 Å². The Bertz CT molecular complexity index is 1040. The van der Waals surface area contributed by atoms with Crippen LogP contribution in [0.5, 0.6) is 5.75 Å². The van der Waals surface area contributed by atoms with Crippen molar-refractivity contribution in [2.75, 3.05) is 0 Å². The monoisotopic (exact) mass is 436 g/mol. The van der Waals surface area contributed by atoms with Gasteiger partial charge in [-0.3, -0.25) is 4.79 Å². The van der Waals surface area contributed by atoms with E-state index >= 15 is 0 Å². The molecule has 0 aliphatic carbocycles. The highest BCUT2D eigenvalue weighted by Gasteiger charge is 2.35. The van der Waals surface area contributed by atoms with Crippen LogP contribution in [0.2, 0.25) is 0 Å². The third-order valence-electron chi connectivity index (χ3n) is 5.26. The summed E-state index contributed by atoms with van der Waals surface area (Å²) in [4.78, 5) is 25.3. The first kappa shape index (κ1) is 25.4. The maximum absolute atomic E-state index is 12.8. The fraction of sp³-hybridized carbons (Fsp3) is 0.429. The molecule has 2 rings (SSSR count). The molecule has 0 amide bonds. The summed E-state index contributed by atoms with van der Waals surface area (Å²) in [7, 11) is 0. The molecule has 0 aliphatic rings. The van der Waals surface area contributed by atoms with Crippen LogP contribution in [0.4, 0.5) is 0 Å². The Balaban J connectivity index is 2.25. The van der Waals surface area contributed by atoms with Crippen LogP contribution in [-0.4, -0.2) is 23.0 Å². The third-order valence-corrected chi connectivity index (χ3v) is 5.26. The zero-order chi connectivity index (χ0) is 24.4. The van der Waals surface area contributed by atoms with E-state index in [2.05, 4.69) is 0 Å². The van der Waals surface area contributed by atoms with E-state index in [0.717, 1.165) is 33.4 Å². The average Bonchev–Trinajstić information content (AvgIpc) is 2.64. The number of allylic oxidation sites excluding steroid dienone is 1. The number of ketones is 1. The zero-order valence-corrected chi connectivity index (χ0v) is 21.1. The second kappa shape index (κ2) is 9.32. The maximum Gasteiger partial charge on any atom is 0.350 e. The van der Waals surface area contributed by atoms with E-state index in [1.165, 1.54) is 5.56 Å². The summed E-state index contributed by atoms with van der Waals surface area (Å²) >= 11 is 0. The molecule has 0 radical (unpaired) electrons. The molecule has 0 fully saturated rings. The molecule has 0 bridgehead atoms. The number of hydrogen-bond donors (Lipinski definition) is 0. The van der Waals surface area contributed by atoms with E-state index in [-0.39, 0.29) is 5.78 Å². The average molecular weight is 437 g/mol. The Hall–Kier alpha value is -2.88. The summed E-state index contributed by atoms with van der Waals surface area (Å²) in [5.74, 6) is 0.212. The number of ether oxygens (including phenoxy) is 2. The van der Waals surface area contributed by atoms with E-state index in [4.69, 9.17) is 9.47 Å². The predicted octanol–water partition coefficient (Wildman–Crippen LogP) is 6.62. The van der Waals surface area contributed by atoms with E-state index < -0.39 is 17.2 Å². The number of rotatable bonds is 6. The van der Waals surface area contributed by atoms with Gasteiger partial charge in [0.15, 0.2) is 11.4 Å². The standard InChI is InChI=1S/C28H36O4/c1-17-13-19(3)23(16-18(17)2)24(29)12-11-22-14-20(4)25(21(5)15-22)31-28(9,10)26(30)32-27(6,7)8/h11-16H,1-10H3/b12-11+. The number of esters is 1. The van der Waals surface area contributed by atoms with Crippen molar-refractivity contribution in [3.05, 3.63) is 69.3 Å². The minimum atomic E-state index is -1.13. The van der Waals surface area contributed by atoms with Crippen molar-refractivity contribution >= 4 is 17.8 Å². The lowest BCUT2D eigenvalue weighted by atomic mass is 9.97. The number of aryl methyl sites for hydroxylation is 5. The van der Waals surface area contributed by atoms with Gasteiger partial charge in [0, 0.05) is 5.56 Å². The van der Waals surface area contributed by atoms with Crippen LogP contribution in [0.3, 0.4) is 0 Å². The van der Waals surface area contributed by atoms with Gasteiger partial charge in [0.25, 0.3) is 0 Å². The SMILES string of the molecule is Cc1cc(C)c(C(=O)/C=C/c2cc(C)c(OC(C)(C)C(=O)OC(C)(C)C)c(C)c2)cc1C. The Labute approximate surface area is 192 Å². The first-order valence-corrected chi connectivity index (χ1v) is 10.9. The summed E-state index contributed by atoms with van der Waals surface area (Å²) in [6.45, 7) is 18.8. The van der Waals surface area contributed by atoms with E-state index in [1.54, 1.807) is 19.9 Å². The van der Waals surface area contributed by atoms with Crippen LogP contribution in [0.15, 0.2) is 30.3 Å².